The highest BCUT2D eigenvalue weighted by Crippen LogP contribution is 2.25. The number of halogens is 1. The van der Waals surface area contributed by atoms with Crippen molar-refractivity contribution in [2.45, 2.75) is 45.6 Å². The summed E-state index contributed by atoms with van der Waals surface area (Å²) in [4.78, 5) is 12.1. The van der Waals surface area contributed by atoms with Gasteiger partial charge in [0, 0.05) is 12.7 Å². The molecule has 0 atom stereocenters. The molecule has 0 unspecified atom stereocenters. The summed E-state index contributed by atoms with van der Waals surface area (Å²) < 4.78 is 2.37. The molecular weight excluding hydrogens is 280 g/mol. The minimum Gasteiger partial charge on any atom is -0.397 e. The highest BCUT2D eigenvalue weighted by molar-refractivity contribution is 9.10. The van der Waals surface area contributed by atoms with Crippen LogP contribution in [0, 0.1) is 12.8 Å². The molecule has 1 aromatic rings. The van der Waals surface area contributed by atoms with Gasteiger partial charge in [0.15, 0.2) is 0 Å². The van der Waals surface area contributed by atoms with Crippen LogP contribution >= 0.6 is 15.9 Å². The summed E-state index contributed by atoms with van der Waals surface area (Å²) in [5.41, 5.74) is 7.48. The van der Waals surface area contributed by atoms with Gasteiger partial charge in [-0.1, -0.05) is 19.3 Å². The topological polar surface area (TPSA) is 48.0 Å². The molecule has 0 aliphatic heterocycles. The van der Waals surface area contributed by atoms with Crippen LogP contribution in [-0.2, 0) is 6.54 Å². The molecule has 3 nitrogen and oxygen atoms in total. The quantitative estimate of drug-likeness (QED) is 0.912. The zero-order valence-electron chi connectivity index (χ0n) is 10.2. The number of hydrogen-bond donors (Lipinski definition) is 1. The maximum atomic E-state index is 12.1. The first-order valence-electron chi connectivity index (χ1n) is 6.24. The largest absolute Gasteiger partial charge is 0.397 e. The van der Waals surface area contributed by atoms with E-state index in [-0.39, 0.29) is 5.56 Å². The number of nitrogen functional groups attached to an aromatic ring is 1. The van der Waals surface area contributed by atoms with Crippen LogP contribution in [0.1, 0.15) is 37.7 Å². The highest BCUT2D eigenvalue weighted by atomic mass is 79.9. The average Bonchev–Trinajstić information content (AvgIpc) is 2.35. The molecule has 1 aliphatic carbocycles. The molecule has 1 aliphatic rings. The van der Waals surface area contributed by atoms with Gasteiger partial charge in [-0.05, 0) is 47.2 Å². The Labute approximate surface area is 110 Å². The summed E-state index contributed by atoms with van der Waals surface area (Å²) in [5.74, 6) is 0.635. The van der Waals surface area contributed by atoms with Gasteiger partial charge in [0.2, 0.25) is 0 Å². The van der Waals surface area contributed by atoms with Crippen molar-refractivity contribution in [2.75, 3.05) is 5.73 Å². The van der Waals surface area contributed by atoms with Crippen molar-refractivity contribution >= 4 is 21.6 Å². The summed E-state index contributed by atoms with van der Waals surface area (Å²) in [6.45, 7) is 2.67. The number of nitrogens with zero attached hydrogens (tertiary/aromatic N) is 1. The van der Waals surface area contributed by atoms with E-state index in [0.717, 1.165) is 12.1 Å². The molecule has 0 radical (unpaired) electrons. The molecule has 2 rings (SSSR count). The lowest BCUT2D eigenvalue weighted by Crippen LogP contribution is -2.26. The Balaban J connectivity index is 2.23. The molecule has 0 amide bonds. The molecule has 17 heavy (non-hydrogen) atoms. The molecule has 2 N–H and O–H groups in total. The monoisotopic (exact) mass is 298 g/mol. The first-order valence-corrected chi connectivity index (χ1v) is 7.04. The van der Waals surface area contributed by atoms with Crippen LogP contribution in [-0.4, -0.2) is 4.57 Å². The van der Waals surface area contributed by atoms with E-state index >= 15 is 0 Å². The van der Waals surface area contributed by atoms with Crippen molar-refractivity contribution in [2.24, 2.45) is 5.92 Å². The van der Waals surface area contributed by atoms with Crippen molar-refractivity contribution in [3.63, 3.8) is 0 Å². The Morgan fingerprint density at radius 1 is 1.41 bits per heavy atom. The second-order valence-corrected chi connectivity index (χ2v) is 5.78. The van der Waals surface area contributed by atoms with Crippen molar-refractivity contribution in [1.29, 1.82) is 0 Å². The molecule has 0 spiro atoms. The SMILES string of the molecule is Cc1c(N)cn(CC2CCCCC2)c(=O)c1Br. The van der Waals surface area contributed by atoms with Crippen molar-refractivity contribution in [3.8, 4) is 0 Å². The van der Waals surface area contributed by atoms with Gasteiger partial charge in [-0.15, -0.1) is 0 Å². The molecule has 1 fully saturated rings. The van der Waals surface area contributed by atoms with E-state index in [9.17, 15) is 4.79 Å². The predicted molar refractivity (Wildman–Crippen MR) is 74.1 cm³/mol. The highest BCUT2D eigenvalue weighted by Gasteiger charge is 2.16. The fourth-order valence-electron chi connectivity index (χ4n) is 2.52. The summed E-state index contributed by atoms with van der Waals surface area (Å²) in [6, 6.07) is 0. The molecule has 0 aromatic carbocycles. The van der Waals surface area contributed by atoms with Crippen LogP contribution in [0.3, 0.4) is 0 Å². The molecule has 0 bridgehead atoms. The number of aromatic nitrogens is 1. The molecule has 4 heteroatoms. The minimum absolute atomic E-state index is 0.0438. The van der Waals surface area contributed by atoms with E-state index in [1.165, 1.54) is 32.1 Å². The Bertz CT molecular complexity index is 461. The van der Waals surface area contributed by atoms with E-state index < -0.39 is 0 Å². The van der Waals surface area contributed by atoms with E-state index in [0.29, 0.717) is 16.1 Å². The normalized spacial score (nSPS) is 17.3. The summed E-state index contributed by atoms with van der Waals surface area (Å²) in [7, 11) is 0. The second-order valence-electron chi connectivity index (χ2n) is 4.98. The van der Waals surface area contributed by atoms with Gasteiger partial charge >= 0.3 is 0 Å². The molecule has 1 saturated carbocycles. The van der Waals surface area contributed by atoms with E-state index in [4.69, 9.17) is 5.73 Å². The van der Waals surface area contributed by atoms with Crippen LogP contribution in [0.4, 0.5) is 5.69 Å². The Morgan fingerprint density at radius 2 is 2.06 bits per heavy atom. The van der Waals surface area contributed by atoms with Crippen molar-refractivity contribution in [3.05, 3.63) is 26.6 Å². The average molecular weight is 299 g/mol. The van der Waals surface area contributed by atoms with Crippen molar-refractivity contribution in [1.82, 2.24) is 4.57 Å². The standard InChI is InChI=1S/C13H19BrN2O/c1-9-11(15)8-16(13(17)12(9)14)7-10-5-3-2-4-6-10/h8,10H,2-7,15H2,1H3. The summed E-state index contributed by atoms with van der Waals surface area (Å²) >= 11 is 3.33. The predicted octanol–water partition coefficient (Wildman–Crippen LogP) is 3.08. The van der Waals surface area contributed by atoms with Gasteiger partial charge in [0.25, 0.3) is 5.56 Å². The second kappa shape index (κ2) is 5.25. The first kappa shape index (κ1) is 12.7. The molecule has 1 aromatic heterocycles. The third kappa shape index (κ3) is 2.73. The van der Waals surface area contributed by atoms with Crippen LogP contribution in [0.25, 0.3) is 0 Å². The van der Waals surface area contributed by atoms with Gasteiger partial charge in [0.1, 0.15) is 0 Å². The zero-order chi connectivity index (χ0) is 12.4. The van der Waals surface area contributed by atoms with Crippen LogP contribution in [0.5, 0.6) is 0 Å². The molecule has 0 saturated heterocycles. The lowest BCUT2D eigenvalue weighted by atomic mass is 9.89. The molecule has 94 valence electrons. The van der Waals surface area contributed by atoms with E-state index in [2.05, 4.69) is 15.9 Å². The number of rotatable bonds is 2. The van der Waals surface area contributed by atoms with Gasteiger partial charge in [0.05, 0.1) is 10.2 Å². The fourth-order valence-corrected chi connectivity index (χ4v) is 2.98. The maximum Gasteiger partial charge on any atom is 0.265 e. The number of anilines is 1. The summed E-state index contributed by atoms with van der Waals surface area (Å²) in [5, 5.41) is 0. The van der Waals surface area contributed by atoms with Gasteiger partial charge in [-0.2, -0.15) is 0 Å². The maximum absolute atomic E-state index is 12.1. The smallest absolute Gasteiger partial charge is 0.265 e. The number of hydrogen-bond acceptors (Lipinski definition) is 2. The third-order valence-corrected chi connectivity index (χ3v) is 4.62. The van der Waals surface area contributed by atoms with Gasteiger partial charge < -0.3 is 10.3 Å². The first-order chi connectivity index (χ1) is 8.09. The Hall–Kier alpha value is -0.770. The van der Waals surface area contributed by atoms with Crippen LogP contribution < -0.4 is 11.3 Å². The van der Waals surface area contributed by atoms with Gasteiger partial charge in [-0.3, -0.25) is 4.79 Å². The lowest BCUT2D eigenvalue weighted by molar-refractivity contribution is 0.316. The molecular formula is C13H19BrN2O. The number of nitrogens with two attached hydrogens (primary N) is 1. The fraction of sp³-hybridized carbons (Fsp3) is 0.615. The zero-order valence-corrected chi connectivity index (χ0v) is 11.8. The van der Waals surface area contributed by atoms with Crippen LogP contribution in [0.15, 0.2) is 15.5 Å². The molecule has 1 heterocycles. The van der Waals surface area contributed by atoms with E-state index in [1.54, 1.807) is 10.8 Å². The van der Waals surface area contributed by atoms with Crippen LogP contribution in [0.2, 0.25) is 0 Å². The van der Waals surface area contributed by atoms with E-state index in [1.807, 2.05) is 6.92 Å². The minimum atomic E-state index is 0.0438. The van der Waals surface area contributed by atoms with Gasteiger partial charge in [-0.25, -0.2) is 0 Å². The Kier molecular flexibility index (Phi) is 3.92. The Morgan fingerprint density at radius 3 is 2.71 bits per heavy atom. The third-order valence-electron chi connectivity index (χ3n) is 3.69. The lowest BCUT2D eigenvalue weighted by Gasteiger charge is -2.22. The summed E-state index contributed by atoms with van der Waals surface area (Å²) in [6.07, 6.45) is 8.18. The van der Waals surface area contributed by atoms with Crippen molar-refractivity contribution < 1.29 is 0 Å². The number of pyridine rings is 1.